The van der Waals surface area contributed by atoms with Gasteiger partial charge < -0.3 is 10.2 Å². The van der Waals surface area contributed by atoms with Crippen LogP contribution in [0.2, 0.25) is 0 Å². The molecule has 0 aromatic heterocycles. The first kappa shape index (κ1) is 14.0. The first-order valence-corrected chi connectivity index (χ1v) is 6.93. The summed E-state index contributed by atoms with van der Waals surface area (Å²) >= 11 is 0. The topological polar surface area (TPSA) is 32.3 Å². The molecule has 0 unspecified atom stereocenters. The average molecular weight is 264 g/mol. The van der Waals surface area contributed by atoms with Crippen molar-refractivity contribution >= 4 is 5.91 Å². The Morgan fingerprint density at radius 3 is 2.74 bits per heavy atom. The summed E-state index contributed by atoms with van der Waals surface area (Å²) in [6.07, 6.45) is 3.83. The maximum atomic E-state index is 13.0. The molecule has 19 heavy (non-hydrogen) atoms. The van der Waals surface area contributed by atoms with Crippen molar-refractivity contribution < 1.29 is 9.18 Å². The average Bonchev–Trinajstić information content (AvgIpc) is 2.39. The van der Waals surface area contributed by atoms with E-state index in [2.05, 4.69) is 10.2 Å². The molecule has 1 aromatic rings. The SMILES string of the molecule is Cc1cc(F)ccc1C(=O)NCCN1CCCCC1. The lowest BCUT2D eigenvalue weighted by molar-refractivity contribution is 0.0946. The highest BCUT2D eigenvalue weighted by Gasteiger charge is 2.12. The molecule has 2 rings (SSSR count). The molecular formula is C15H21FN2O. The van der Waals surface area contributed by atoms with Crippen LogP contribution in [-0.2, 0) is 0 Å². The molecule has 0 spiro atoms. The molecule has 0 bridgehead atoms. The lowest BCUT2D eigenvalue weighted by Crippen LogP contribution is -2.37. The van der Waals surface area contributed by atoms with Gasteiger partial charge in [0, 0.05) is 18.7 Å². The number of piperidine rings is 1. The fourth-order valence-corrected chi connectivity index (χ4v) is 2.49. The summed E-state index contributed by atoms with van der Waals surface area (Å²) < 4.78 is 13.0. The second-order valence-corrected chi connectivity index (χ2v) is 5.12. The molecule has 1 heterocycles. The van der Waals surface area contributed by atoms with Crippen molar-refractivity contribution in [3.8, 4) is 0 Å². The van der Waals surface area contributed by atoms with Crippen molar-refractivity contribution in [3.05, 3.63) is 35.1 Å². The van der Waals surface area contributed by atoms with E-state index in [0.717, 1.165) is 19.6 Å². The zero-order valence-electron chi connectivity index (χ0n) is 11.4. The van der Waals surface area contributed by atoms with Crippen molar-refractivity contribution in [3.63, 3.8) is 0 Å². The third-order valence-corrected chi connectivity index (χ3v) is 3.60. The Hall–Kier alpha value is -1.42. The summed E-state index contributed by atoms with van der Waals surface area (Å²) in [5.41, 5.74) is 1.23. The van der Waals surface area contributed by atoms with E-state index in [-0.39, 0.29) is 11.7 Å². The number of amides is 1. The van der Waals surface area contributed by atoms with Crippen LogP contribution in [0.15, 0.2) is 18.2 Å². The second kappa shape index (κ2) is 6.66. The summed E-state index contributed by atoms with van der Waals surface area (Å²) in [5.74, 6) is -0.420. The first-order chi connectivity index (χ1) is 9.16. The number of carbonyl (C=O) groups excluding carboxylic acids is 1. The molecule has 1 aliphatic heterocycles. The van der Waals surface area contributed by atoms with Crippen molar-refractivity contribution in [2.75, 3.05) is 26.2 Å². The van der Waals surface area contributed by atoms with E-state index in [1.807, 2.05) is 0 Å². The summed E-state index contributed by atoms with van der Waals surface area (Å²) in [6.45, 7) is 5.56. The van der Waals surface area contributed by atoms with Crippen LogP contribution in [0.4, 0.5) is 4.39 Å². The van der Waals surface area contributed by atoms with Gasteiger partial charge in [0.15, 0.2) is 0 Å². The van der Waals surface area contributed by atoms with Gasteiger partial charge in [-0.3, -0.25) is 4.79 Å². The van der Waals surface area contributed by atoms with E-state index in [1.165, 1.54) is 31.4 Å². The van der Waals surface area contributed by atoms with Crippen LogP contribution in [0.25, 0.3) is 0 Å². The van der Waals surface area contributed by atoms with Gasteiger partial charge >= 0.3 is 0 Å². The third kappa shape index (κ3) is 4.03. The number of hydrogen-bond acceptors (Lipinski definition) is 2. The van der Waals surface area contributed by atoms with Gasteiger partial charge in [-0.1, -0.05) is 6.42 Å². The zero-order chi connectivity index (χ0) is 13.7. The maximum absolute atomic E-state index is 13.0. The molecule has 4 heteroatoms. The van der Waals surface area contributed by atoms with E-state index in [0.29, 0.717) is 17.7 Å². The van der Waals surface area contributed by atoms with Crippen LogP contribution >= 0.6 is 0 Å². The fourth-order valence-electron chi connectivity index (χ4n) is 2.49. The molecule has 1 fully saturated rings. The van der Waals surface area contributed by atoms with Crippen LogP contribution in [0.5, 0.6) is 0 Å². The van der Waals surface area contributed by atoms with E-state index in [4.69, 9.17) is 0 Å². The highest BCUT2D eigenvalue weighted by Crippen LogP contribution is 2.10. The Labute approximate surface area is 113 Å². The summed E-state index contributed by atoms with van der Waals surface area (Å²) in [6, 6.07) is 4.26. The minimum absolute atomic E-state index is 0.116. The van der Waals surface area contributed by atoms with E-state index < -0.39 is 0 Å². The third-order valence-electron chi connectivity index (χ3n) is 3.60. The van der Waals surface area contributed by atoms with E-state index in [9.17, 15) is 9.18 Å². The molecule has 1 N–H and O–H groups in total. The Bertz CT molecular complexity index is 442. The number of carbonyl (C=O) groups is 1. The van der Waals surface area contributed by atoms with Gasteiger partial charge in [0.2, 0.25) is 0 Å². The van der Waals surface area contributed by atoms with Crippen molar-refractivity contribution in [2.24, 2.45) is 0 Å². The molecule has 0 atom stereocenters. The quantitative estimate of drug-likeness (QED) is 0.905. The van der Waals surface area contributed by atoms with Crippen LogP contribution in [0.1, 0.15) is 35.2 Å². The Morgan fingerprint density at radius 2 is 2.05 bits per heavy atom. The van der Waals surface area contributed by atoms with Gasteiger partial charge in [0.25, 0.3) is 5.91 Å². The van der Waals surface area contributed by atoms with Crippen molar-refractivity contribution in [1.82, 2.24) is 10.2 Å². The first-order valence-electron chi connectivity index (χ1n) is 6.93. The van der Waals surface area contributed by atoms with Gasteiger partial charge in [0.05, 0.1) is 0 Å². The number of halogens is 1. The molecule has 0 aliphatic carbocycles. The normalized spacial score (nSPS) is 16.3. The van der Waals surface area contributed by atoms with Crippen LogP contribution in [0.3, 0.4) is 0 Å². The van der Waals surface area contributed by atoms with E-state index in [1.54, 1.807) is 13.0 Å². The van der Waals surface area contributed by atoms with Gasteiger partial charge in [-0.25, -0.2) is 4.39 Å². The zero-order valence-corrected chi connectivity index (χ0v) is 11.4. The second-order valence-electron chi connectivity index (χ2n) is 5.12. The predicted octanol–water partition coefficient (Wildman–Crippen LogP) is 2.35. The highest BCUT2D eigenvalue weighted by molar-refractivity contribution is 5.95. The van der Waals surface area contributed by atoms with Crippen LogP contribution < -0.4 is 5.32 Å². The van der Waals surface area contributed by atoms with Crippen molar-refractivity contribution in [2.45, 2.75) is 26.2 Å². The fraction of sp³-hybridized carbons (Fsp3) is 0.533. The smallest absolute Gasteiger partial charge is 0.251 e. The summed E-state index contributed by atoms with van der Waals surface area (Å²) in [7, 11) is 0. The minimum atomic E-state index is -0.303. The maximum Gasteiger partial charge on any atom is 0.251 e. The standard InChI is InChI=1S/C15H21FN2O/c1-12-11-13(16)5-6-14(12)15(19)17-7-10-18-8-3-2-4-9-18/h5-6,11H,2-4,7-10H2,1H3,(H,17,19). The number of hydrogen-bond donors (Lipinski definition) is 1. The van der Waals surface area contributed by atoms with Gasteiger partial charge in [-0.05, 0) is 56.6 Å². The highest BCUT2D eigenvalue weighted by atomic mass is 19.1. The largest absolute Gasteiger partial charge is 0.351 e. The molecule has 1 amide bonds. The molecule has 1 aliphatic rings. The van der Waals surface area contributed by atoms with Crippen LogP contribution in [0, 0.1) is 12.7 Å². The molecule has 0 radical (unpaired) electrons. The number of aryl methyl sites for hydroxylation is 1. The number of nitrogens with zero attached hydrogens (tertiary/aromatic N) is 1. The lowest BCUT2D eigenvalue weighted by Gasteiger charge is -2.26. The Kier molecular flexibility index (Phi) is 4.91. The molecular weight excluding hydrogens is 243 g/mol. The molecule has 3 nitrogen and oxygen atoms in total. The van der Waals surface area contributed by atoms with Crippen molar-refractivity contribution in [1.29, 1.82) is 0 Å². The Morgan fingerprint density at radius 1 is 1.32 bits per heavy atom. The number of rotatable bonds is 4. The molecule has 1 aromatic carbocycles. The molecule has 0 saturated carbocycles. The number of likely N-dealkylation sites (tertiary alicyclic amines) is 1. The summed E-state index contributed by atoms with van der Waals surface area (Å²) in [4.78, 5) is 14.3. The minimum Gasteiger partial charge on any atom is -0.351 e. The summed E-state index contributed by atoms with van der Waals surface area (Å²) in [5, 5.41) is 2.90. The lowest BCUT2D eigenvalue weighted by atomic mass is 10.1. The van der Waals surface area contributed by atoms with Crippen LogP contribution in [-0.4, -0.2) is 37.0 Å². The number of benzene rings is 1. The Balaban J connectivity index is 1.80. The molecule has 1 saturated heterocycles. The van der Waals surface area contributed by atoms with Gasteiger partial charge in [-0.15, -0.1) is 0 Å². The van der Waals surface area contributed by atoms with E-state index >= 15 is 0 Å². The van der Waals surface area contributed by atoms with Gasteiger partial charge in [0.1, 0.15) is 5.82 Å². The monoisotopic (exact) mass is 264 g/mol. The molecule has 104 valence electrons. The predicted molar refractivity (Wildman–Crippen MR) is 73.8 cm³/mol. The number of nitrogens with one attached hydrogen (secondary N) is 1. The van der Waals surface area contributed by atoms with Gasteiger partial charge in [-0.2, -0.15) is 0 Å².